The van der Waals surface area contributed by atoms with Crippen LogP contribution in [0.2, 0.25) is 5.02 Å². The fraction of sp³-hybridized carbons (Fsp3) is 0.278. The van der Waals surface area contributed by atoms with Crippen LogP contribution in [-0.4, -0.2) is 40.9 Å². The first-order chi connectivity index (χ1) is 12.8. The highest BCUT2D eigenvalue weighted by Gasteiger charge is 2.30. The lowest BCUT2D eigenvalue weighted by atomic mass is 10.3. The molecule has 0 N–H and O–H groups in total. The van der Waals surface area contributed by atoms with Crippen LogP contribution >= 0.6 is 23.4 Å². The van der Waals surface area contributed by atoms with Crippen molar-refractivity contribution in [3.63, 3.8) is 0 Å². The molecule has 2 aromatic carbocycles. The van der Waals surface area contributed by atoms with Crippen LogP contribution in [0.25, 0.3) is 0 Å². The summed E-state index contributed by atoms with van der Waals surface area (Å²) < 4.78 is 37.7. The molecule has 2 aromatic rings. The van der Waals surface area contributed by atoms with Crippen LogP contribution in [0, 0.1) is 0 Å². The average Bonchev–Trinajstić information content (AvgIpc) is 2.66. The minimum atomic E-state index is -4.06. The zero-order valence-electron chi connectivity index (χ0n) is 15.1. The van der Waals surface area contributed by atoms with Crippen LogP contribution in [0.3, 0.4) is 0 Å². The Kier molecular flexibility index (Phi) is 7.41. The molecule has 0 unspecified atom stereocenters. The molecule has 27 heavy (non-hydrogen) atoms. The second-order valence-electron chi connectivity index (χ2n) is 5.31. The van der Waals surface area contributed by atoms with Crippen molar-refractivity contribution in [1.29, 1.82) is 0 Å². The van der Waals surface area contributed by atoms with Crippen molar-refractivity contribution < 1.29 is 22.7 Å². The molecular weight excluding hydrogens is 410 g/mol. The number of sulfonamides is 1. The first-order valence-electron chi connectivity index (χ1n) is 7.99. The van der Waals surface area contributed by atoms with Crippen LogP contribution in [0.5, 0.6) is 5.75 Å². The highest BCUT2D eigenvalue weighted by Crippen LogP contribution is 2.35. The Labute approximate surface area is 168 Å². The maximum absolute atomic E-state index is 13.3. The number of benzene rings is 2. The molecule has 0 amide bonds. The van der Waals surface area contributed by atoms with Crippen molar-refractivity contribution in [2.24, 2.45) is 0 Å². The molecule has 0 aliphatic carbocycles. The van der Waals surface area contributed by atoms with Gasteiger partial charge in [-0.2, -0.15) is 0 Å². The van der Waals surface area contributed by atoms with Crippen molar-refractivity contribution in [2.75, 3.05) is 30.8 Å². The number of carbonyl (C=O) groups is 1. The third-order valence-electron chi connectivity index (χ3n) is 3.64. The lowest BCUT2D eigenvalue weighted by Crippen LogP contribution is -2.37. The van der Waals surface area contributed by atoms with Gasteiger partial charge in [0.15, 0.2) is 0 Å². The van der Waals surface area contributed by atoms with Gasteiger partial charge in [-0.25, -0.2) is 8.42 Å². The highest BCUT2D eigenvalue weighted by atomic mass is 35.5. The third kappa shape index (κ3) is 5.09. The monoisotopic (exact) mass is 429 g/mol. The number of halogens is 1. The SMILES string of the molecule is CCOC(=O)CN(c1cc(Cl)ccc1OC)S(=O)(=O)c1ccc(SC)cc1. The van der Waals surface area contributed by atoms with E-state index in [1.807, 2.05) is 6.26 Å². The van der Waals surface area contributed by atoms with E-state index >= 15 is 0 Å². The fourth-order valence-electron chi connectivity index (χ4n) is 2.36. The Hall–Kier alpha value is -1.90. The summed E-state index contributed by atoms with van der Waals surface area (Å²) in [5, 5.41) is 0.313. The van der Waals surface area contributed by atoms with Crippen LogP contribution < -0.4 is 9.04 Å². The first kappa shape index (κ1) is 21.4. The van der Waals surface area contributed by atoms with Gasteiger partial charge in [-0.1, -0.05) is 11.6 Å². The van der Waals surface area contributed by atoms with Crippen molar-refractivity contribution >= 4 is 45.0 Å². The number of nitrogens with zero attached hydrogens (tertiary/aromatic N) is 1. The van der Waals surface area contributed by atoms with E-state index in [-0.39, 0.29) is 22.9 Å². The van der Waals surface area contributed by atoms with E-state index < -0.39 is 22.5 Å². The van der Waals surface area contributed by atoms with E-state index in [2.05, 4.69) is 0 Å². The van der Waals surface area contributed by atoms with Crippen LogP contribution in [-0.2, 0) is 19.6 Å². The summed E-state index contributed by atoms with van der Waals surface area (Å²) >= 11 is 7.55. The number of hydrogen-bond donors (Lipinski definition) is 0. The molecule has 6 nitrogen and oxygen atoms in total. The molecule has 0 spiro atoms. The molecule has 146 valence electrons. The second kappa shape index (κ2) is 9.34. The molecule has 0 aliphatic heterocycles. The van der Waals surface area contributed by atoms with Crippen LogP contribution in [0.4, 0.5) is 5.69 Å². The number of methoxy groups -OCH3 is 1. The maximum Gasteiger partial charge on any atom is 0.326 e. The zero-order chi connectivity index (χ0) is 20.0. The summed E-state index contributed by atoms with van der Waals surface area (Å²) in [6, 6.07) is 11.0. The first-order valence-corrected chi connectivity index (χ1v) is 11.0. The van der Waals surface area contributed by atoms with Crippen molar-refractivity contribution in [3.8, 4) is 5.75 Å². The smallest absolute Gasteiger partial charge is 0.326 e. The van der Waals surface area contributed by atoms with Gasteiger partial charge < -0.3 is 9.47 Å². The molecule has 0 aromatic heterocycles. The molecule has 0 fully saturated rings. The van der Waals surface area contributed by atoms with Gasteiger partial charge in [0.2, 0.25) is 0 Å². The number of esters is 1. The van der Waals surface area contributed by atoms with E-state index in [4.69, 9.17) is 21.1 Å². The lowest BCUT2D eigenvalue weighted by Gasteiger charge is -2.25. The lowest BCUT2D eigenvalue weighted by molar-refractivity contribution is -0.141. The van der Waals surface area contributed by atoms with E-state index in [9.17, 15) is 13.2 Å². The third-order valence-corrected chi connectivity index (χ3v) is 6.39. The maximum atomic E-state index is 13.3. The quantitative estimate of drug-likeness (QED) is 0.469. The Balaban J connectivity index is 2.57. The van der Waals surface area contributed by atoms with Gasteiger partial charge in [0.05, 0.1) is 24.3 Å². The predicted octanol–water partition coefficient (Wildman–Crippen LogP) is 3.83. The molecule has 0 saturated carbocycles. The summed E-state index contributed by atoms with van der Waals surface area (Å²) in [7, 11) is -2.65. The highest BCUT2D eigenvalue weighted by molar-refractivity contribution is 7.98. The molecule has 0 atom stereocenters. The van der Waals surface area contributed by atoms with E-state index in [1.54, 1.807) is 31.2 Å². The minimum Gasteiger partial charge on any atom is -0.495 e. The average molecular weight is 430 g/mol. The zero-order valence-corrected chi connectivity index (χ0v) is 17.5. The molecule has 0 heterocycles. The molecule has 0 saturated heterocycles. The fourth-order valence-corrected chi connectivity index (χ4v) is 4.34. The standard InChI is InChI=1S/C18H20ClNO5S2/c1-4-25-18(21)12-20(16-11-13(19)5-10-17(16)24-2)27(22,23)15-8-6-14(26-3)7-9-15/h5-11H,4,12H2,1-3H3. The van der Waals surface area contributed by atoms with Gasteiger partial charge in [-0.05, 0) is 55.6 Å². The largest absolute Gasteiger partial charge is 0.495 e. The summed E-state index contributed by atoms with van der Waals surface area (Å²) in [4.78, 5) is 13.1. The van der Waals surface area contributed by atoms with Crippen molar-refractivity contribution in [1.82, 2.24) is 0 Å². The molecule has 9 heteroatoms. The Bertz CT molecular complexity index is 900. The number of ether oxygens (including phenoxy) is 2. The van der Waals surface area contributed by atoms with Crippen LogP contribution in [0.15, 0.2) is 52.3 Å². The van der Waals surface area contributed by atoms with Gasteiger partial charge in [0, 0.05) is 9.92 Å². The summed E-state index contributed by atoms with van der Waals surface area (Å²) in [6.07, 6.45) is 1.90. The van der Waals surface area contributed by atoms with Gasteiger partial charge in [-0.3, -0.25) is 9.10 Å². The van der Waals surface area contributed by atoms with E-state index in [0.717, 1.165) is 9.20 Å². The number of anilines is 1. The van der Waals surface area contributed by atoms with Crippen molar-refractivity contribution in [3.05, 3.63) is 47.5 Å². The van der Waals surface area contributed by atoms with Gasteiger partial charge in [-0.15, -0.1) is 11.8 Å². The Morgan fingerprint density at radius 1 is 1.19 bits per heavy atom. The number of rotatable bonds is 8. The van der Waals surface area contributed by atoms with Gasteiger partial charge in [0.25, 0.3) is 10.0 Å². The molecule has 0 radical (unpaired) electrons. The Morgan fingerprint density at radius 2 is 1.85 bits per heavy atom. The van der Waals surface area contributed by atoms with Crippen molar-refractivity contribution in [2.45, 2.75) is 16.7 Å². The number of carbonyl (C=O) groups excluding carboxylic acids is 1. The normalized spacial score (nSPS) is 11.1. The van der Waals surface area contributed by atoms with E-state index in [1.165, 1.54) is 37.1 Å². The van der Waals surface area contributed by atoms with E-state index in [0.29, 0.717) is 5.02 Å². The number of hydrogen-bond acceptors (Lipinski definition) is 6. The summed E-state index contributed by atoms with van der Waals surface area (Å²) in [5.41, 5.74) is 0.159. The van der Waals surface area contributed by atoms with Crippen LogP contribution in [0.1, 0.15) is 6.92 Å². The molecule has 0 aliphatic rings. The van der Waals surface area contributed by atoms with Gasteiger partial charge >= 0.3 is 5.97 Å². The summed E-state index contributed by atoms with van der Waals surface area (Å²) in [6.45, 7) is 1.29. The molecule has 0 bridgehead atoms. The second-order valence-corrected chi connectivity index (χ2v) is 8.49. The topological polar surface area (TPSA) is 72.9 Å². The Morgan fingerprint density at radius 3 is 2.41 bits per heavy atom. The predicted molar refractivity (Wildman–Crippen MR) is 107 cm³/mol. The summed E-state index contributed by atoms with van der Waals surface area (Å²) in [5.74, 6) is -0.406. The van der Waals surface area contributed by atoms with Gasteiger partial charge in [0.1, 0.15) is 12.3 Å². The molecule has 2 rings (SSSR count). The molecular formula is C18H20ClNO5S2. The number of thioether (sulfide) groups is 1. The minimum absolute atomic E-state index is 0.0478.